The van der Waals surface area contributed by atoms with Gasteiger partial charge in [-0.3, -0.25) is 0 Å². The van der Waals surface area contributed by atoms with Crippen LogP contribution < -0.4 is 0 Å². The highest BCUT2D eigenvalue weighted by Crippen LogP contribution is 2.40. The van der Waals surface area contributed by atoms with Gasteiger partial charge in [0, 0.05) is 6.61 Å². The Morgan fingerprint density at radius 1 is 1.14 bits per heavy atom. The summed E-state index contributed by atoms with van der Waals surface area (Å²) in [6.07, 6.45) is 9.71. The van der Waals surface area contributed by atoms with Gasteiger partial charge in [-0.15, -0.1) is 6.58 Å². The van der Waals surface area contributed by atoms with Crippen LogP contribution in [0.5, 0.6) is 0 Å². The molecule has 168 valence electrons. The Labute approximate surface area is 182 Å². The molecule has 1 saturated heterocycles. The van der Waals surface area contributed by atoms with Crippen molar-refractivity contribution in [2.45, 2.75) is 117 Å². The summed E-state index contributed by atoms with van der Waals surface area (Å²) in [7, 11) is -1.94. The van der Waals surface area contributed by atoms with Crippen LogP contribution >= 0.6 is 0 Å². The van der Waals surface area contributed by atoms with E-state index in [1.165, 1.54) is 5.47 Å². The molecule has 1 aliphatic rings. The second kappa shape index (κ2) is 10.3. The van der Waals surface area contributed by atoms with Gasteiger partial charge in [-0.25, -0.2) is 0 Å². The molecule has 1 aliphatic heterocycles. The topological polar surface area (TPSA) is 27.7 Å². The second-order valence-electron chi connectivity index (χ2n) is 11.1. The van der Waals surface area contributed by atoms with E-state index in [0.29, 0.717) is 5.92 Å². The SMILES string of the molecule is C=CC(CCC)C/C(=C\CCCO[Si](C)(C)C(C)(C)C)B1OC(C)(C)C(C)(C)O1. The molecular formula is C24H47BO3Si. The monoisotopic (exact) mass is 422 g/mol. The zero-order valence-corrected chi connectivity index (χ0v) is 22.0. The van der Waals surface area contributed by atoms with Gasteiger partial charge in [-0.1, -0.05) is 46.3 Å². The molecular weight excluding hydrogens is 375 g/mol. The number of rotatable bonds is 11. The van der Waals surface area contributed by atoms with Gasteiger partial charge in [0.1, 0.15) is 0 Å². The fourth-order valence-electron chi connectivity index (χ4n) is 3.16. The van der Waals surface area contributed by atoms with Crippen LogP contribution in [0.1, 0.15) is 87.5 Å². The Hall–Kier alpha value is -0.358. The zero-order chi connectivity index (χ0) is 22.5. The third-order valence-corrected chi connectivity index (χ3v) is 11.6. The summed E-state index contributed by atoms with van der Waals surface area (Å²) in [5, 5.41) is 0.258. The van der Waals surface area contributed by atoms with Crippen LogP contribution in [-0.4, -0.2) is 33.2 Å². The number of allylic oxidation sites excluding steroid dienone is 3. The summed E-state index contributed by atoms with van der Waals surface area (Å²) in [6.45, 7) is 27.1. The molecule has 1 atom stereocenters. The molecule has 0 aromatic heterocycles. The summed E-state index contributed by atoms with van der Waals surface area (Å²) in [6, 6.07) is 0. The van der Waals surface area contributed by atoms with Gasteiger partial charge < -0.3 is 13.7 Å². The van der Waals surface area contributed by atoms with Crippen molar-refractivity contribution >= 4 is 15.4 Å². The van der Waals surface area contributed by atoms with Crippen molar-refractivity contribution in [2.75, 3.05) is 6.61 Å². The Bertz CT molecular complexity index is 545. The van der Waals surface area contributed by atoms with Crippen LogP contribution in [0.25, 0.3) is 0 Å². The lowest BCUT2D eigenvalue weighted by Crippen LogP contribution is -2.41. The average Bonchev–Trinajstić information content (AvgIpc) is 2.79. The molecule has 1 heterocycles. The molecule has 3 nitrogen and oxygen atoms in total. The van der Waals surface area contributed by atoms with Crippen molar-refractivity contribution in [2.24, 2.45) is 5.92 Å². The molecule has 0 aliphatic carbocycles. The van der Waals surface area contributed by atoms with Crippen LogP contribution in [0.4, 0.5) is 0 Å². The molecule has 0 radical (unpaired) electrons. The lowest BCUT2D eigenvalue weighted by atomic mass is 9.72. The first kappa shape index (κ1) is 26.7. The highest BCUT2D eigenvalue weighted by molar-refractivity contribution is 6.74. The van der Waals surface area contributed by atoms with Gasteiger partial charge in [0.15, 0.2) is 8.32 Å². The third kappa shape index (κ3) is 7.38. The van der Waals surface area contributed by atoms with E-state index in [0.717, 1.165) is 38.7 Å². The molecule has 1 unspecified atom stereocenters. The van der Waals surface area contributed by atoms with E-state index >= 15 is 0 Å². The van der Waals surface area contributed by atoms with Crippen LogP contribution in [0.3, 0.4) is 0 Å². The summed E-state index contributed by atoms with van der Waals surface area (Å²) in [5.41, 5.74) is 0.641. The molecule has 0 saturated carbocycles. The Morgan fingerprint density at radius 3 is 2.14 bits per heavy atom. The minimum absolute atomic E-state index is 0.258. The second-order valence-corrected chi connectivity index (χ2v) is 15.9. The van der Waals surface area contributed by atoms with Crippen LogP contribution in [0.2, 0.25) is 18.1 Å². The van der Waals surface area contributed by atoms with Crippen LogP contribution in [0.15, 0.2) is 24.2 Å². The Kier molecular flexibility index (Phi) is 9.48. The number of hydrogen-bond acceptors (Lipinski definition) is 3. The predicted molar refractivity (Wildman–Crippen MR) is 130 cm³/mol. The van der Waals surface area contributed by atoms with Crippen molar-refractivity contribution in [3.8, 4) is 0 Å². The zero-order valence-electron chi connectivity index (χ0n) is 21.0. The van der Waals surface area contributed by atoms with Crippen molar-refractivity contribution < 1.29 is 13.7 Å². The molecule has 0 amide bonds. The lowest BCUT2D eigenvalue weighted by Gasteiger charge is -2.36. The maximum Gasteiger partial charge on any atom is 0.490 e. The fourth-order valence-corrected chi connectivity index (χ4v) is 4.25. The molecule has 0 aromatic carbocycles. The molecule has 5 heteroatoms. The first-order valence-electron chi connectivity index (χ1n) is 11.5. The molecule has 29 heavy (non-hydrogen) atoms. The van der Waals surface area contributed by atoms with Gasteiger partial charge >= 0.3 is 7.12 Å². The van der Waals surface area contributed by atoms with Crippen molar-refractivity contribution in [1.82, 2.24) is 0 Å². The molecule has 0 N–H and O–H groups in total. The number of hydrogen-bond donors (Lipinski definition) is 0. The van der Waals surface area contributed by atoms with Crippen LogP contribution in [-0.2, 0) is 13.7 Å². The Balaban J connectivity index is 2.80. The summed E-state index contributed by atoms with van der Waals surface area (Å²) >= 11 is 0. The predicted octanol–water partition coefficient (Wildman–Crippen LogP) is 7.34. The summed E-state index contributed by atoms with van der Waals surface area (Å²) in [5.74, 6) is 0.466. The van der Waals surface area contributed by atoms with E-state index in [1.807, 2.05) is 0 Å². The molecule has 1 rings (SSSR count). The van der Waals surface area contributed by atoms with Crippen molar-refractivity contribution in [3.05, 3.63) is 24.2 Å². The largest absolute Gasteiger partial charge is 0.490 e. The van der Waals surface area contributed by atoms with E-state index in [2.05, 4.69) is 87.2 Å². The highest BCUT2D eigenvalue weighted by Gasteiger charge is 2.52. The lowest BCUT2D eigenvalue weighted by molar-refractivity contribution is 0.00578. The number of unbranched alkanes of at least 4 members (excludes halogenated alkanes) is 1. The molecule has 1 fully saturated rings. The van der Waals surface area contributed by atoms with E-state index in [1.54, 1.807) is 0 Å². The van der Waals surface area contributed by atoms with E-state index in [4.69, 9.17) is 13.7 Å². The van der Waals surface area contributed by atoms with Gasteiger partial charge in [-0.05, 0) is 82.9 Å². The fraction of sp³-hybridized carbons (Fsp3) is 0.833. The third-order valence-electron chi connectivity index (χ3n) is 7.07. The minimum atomic E-state index is -1.67. The normalized spacial score (nSPS) is 20.8. The quantitative estimate of drug-likeness (QED) is 0.198. The molecule has 0 bridgehead atoms. The van der Waals surface area contributed by atoms with Crippen molar-refractivity contribution in [1.29, 1.82) is 0 Å². The summed E-state index contributed by atoms with van der Waals surface area (Å²) < 4.78 is 19.1. The standard InChI is InChI=1S/C24H47BO3Si/c1-12-16-20(13-2)19-21(25-27-23(6,7)24(8,9)28-25)17-14-15-18-26-29(10,11)22(3,4)5/h13,17,20H,2,12,14-16,18-19H2,1,3-11H3/b21-17+. The smallest absolute Gasteiger partial charge is 0.417 e. The average molecular weight is 423 g/mol. The van der Waals surface area contributed by atoms with Gasteiger partial charge in [0.05, 0.1) is 11.2 Å². The Morgan fingerprint density at radius 2 is 1.69 bits per heavy atom. The summed E-state index contributed by atoms with van der Waals surface area (Å²) in [4.78, 5) is 0. The van der Waals surface area contributed by atoms with E-state index < -0.39 is 8.32 Å². The van der Waals surface area contributed by atoms with Gasteiger partial charge in [0.25, 0.3) is 0 Å². The van der Waals surface area contributed by atoms with Crippen molar-refractivity contribution in [3.63, 3.8) is 0 Å². The molecule has 0 spiro atoms. The highest BCUT2D eigenvalue weighted by atomic mass is 28.4. The molecule has 0 aromatic rings. The van der Waals surface area contributed by atoms with Gasteiger partial charge in [0.2, 0.25) is 0 Å². The van der Waals surface area contributed by atoms with E-state index in [-0.39, 0.29) is 23.4 Å². The maximum atomic E-state index is 6.36. The van der Waals surface area contributed by atoms with Crippen LogP contribution in [0, 0.1) is 5.92 Å². The van der Waals surface area contributed by atoms with E-state index in [9.17, 15) is 0 Å². The maximum absolute atomic E-state index is 6.36. The first-order valence-corrected chi connectivity index (χ1v) is 14.4. The minimum Gasteiger partial charge on any atom is -0.417 e. The first-order chi connectivity index (χ1) is 13.2. The van der Waals surface area contributed by atoms with Gasteiger partial charge in [-0.2, -0.15) is 0 Å².